The van der Waals surface area contributed by atoms with Crippen molar-refractivity contribution in [2.75, 3.05) is 5.01 Å². The lowest BCUT2D eigenvalue weighted by Crippen LogP contribution is -2.20. The molecule has 1 aromatic carbocycles. The smallest absolute Gasteiger partial charge is 0.254 e. The van der Waals surface area contributed by atoms with E-state index in [4.69, 9.17) is 23.2 Å². The fourth-order valence-electron chi connectivity index (χ4n) is 1.92. The van der Waals surface area contributed by atoms with Gasteiger partial charge in [0, 0.05) is 6.20 Å². The number of rotatable bonds is 2. The second-order valence-electron chi connectivity index (χ2n) is 4.25. The van der Waals surface area contributed by atoms with Crippen molar-refractivity contribution in [1.82, 2.24) is 4.98 Å². The van der Waals surface area contributed by atoms with Crippen molar-refractivity contribution in [3.05, 3.63) is 58.2 Å². The van der Waals surface area contributed by atoms with Gasteiger partial charge < -0.3 is 0 Å². The summed E-state index contributed by atoms with van der Waals surface area (Å²) in [5.74, 6) is 0.386. The molecule has 1 aliphatic heterocycles. The van der Waals surface area contributed by atoms with Gasteiger partial charge in [0.15, 0.2) is 5.82 Å². The number of hydrazone groups is 1. The Bertz CT molecular complexity index is 701. The van der Waals surface area contributed by atoms with E-state index in [1.165, 1.54) is 5.01 Å². The van der Waals surface area contributed by atoms with Crippen LogP contribution in [0.2, 0.25) is 10.0 Å². The summed E-state index contributed by atoms with van der Waals surface area (Å²) in [6.45, 7) is 0. The lowest BCUT2D eigenvalue weighted by atomic mass is 10.1. The van der Waals surface area contributed by atoms with E-state index in [-0.39, 0.29) is 12.3 Å². The first-order valence-electron chi connectivity index (χ1n) is 5.92. The molecule has 0 fully saturated rings. The number of carbonyl (C=O) groups excluding carboxylic acids is 1. The van der Waals surface area contributed by atoms with Crippen LogP contribution in [0.1, 0.15) is 12.0 Å². The number of pyridine rings is 1. The van der Waals surface area contributed by atoms with Crippen LogP contribution in [-0.2, 0) is 4.79 Å². The van der Waals surface area contributed by atoms with Crippen LogP contribution >= 0.6 is 23.2 Å². The predicted octanol–water partition coefficient (Wildman–Crippen LogP) is 3.53. The molecule has 0 N–H and O–H groups in total. The summed E-state index contributed by atoms with van der Waals surface area (Å²) in [4.78, 5) is 16.1. The van der Waals surface area contributed by atoms with Crippen LogP contribution in [0.3, 0.4) is 0 Å². The van der Waals surface area contributed by atoms with Gasteiger partial charge in [-0.3, -0.25) is 4.79 Å². The Morgan fingerprint density at radius 3 is 2.65 bits per heavy atom. The molecular weight excluding hydrogens is 297 g/mol. The number of carbonyl (C=O) groups is 1. The van der Waals surface area contributed by atoms with Crippen LogP contribution in [0.5, 0.6) is 0 Å². The van der Waals surface area contributed by atoms with Crippen molar-refractivity contribution in [3.63, 3.8) is 0 Å². The number of amides is 1. The minimum atomic E-state index is -0.121. The molecule has 0 bridgehead atoms. The summed E-state index contributed by atoms with van der Waals surface area (Å²) in [6.07, 6.45) is 1.84. The summed E-state index contributed by atoms with van der Waals surface area (Å²) in [6, 6.07) is 10.5. The van der Waals surface area contributed by atoms with Crippen molar-refractivity contribution in [2.45, 2.75) is 6.42 Å². The Balaban J connectivity index is 1.96. The van der Waals surface area contributed by atoms with Crippen LogP contribution in [0.25, 0.3) is 0 Å². The second-order valence-corrected chi connectivity index (χ2v) is 5.06. The third-order valence-corrected chi connectivity index (χ3v) is 3.63. The Labute approximate surface area is 125 Å². The molecule has 0 spiro atoms. The second kappa shape index (κ2) is 5.23. The number of anilines is 1. The zero-order valence-corrected chi connectivity index (χ0v) is 11.8. The quantitative estimate of drug-likeness (QED) is 0.852. The van der Waals surface area contributed by atoms with Crippen molar-refractivity contribution in [3.8, 4) is 0 Å². The summed E-state index contributed by atoms with van der Waals surface area (Å²) >= 11 is 11.9. The van der Waals surface area contributed by atoms with E-state index in [1.54, 1.807) is 36.5 Å². The summed E-state index contributed by atoms with van der Waals surface area (Å²) in [5.41, 5.74) is 1.44. The van der Waals surface area contributed by atoms with Gasteiger partial charge in [-0.15, -0.1) is 0 Å². The molecule has 0 aliphatic carbocycles. The van der Waals surface area contributed by atoms with Crippen LogP contribution in [0.15, 0.2) is 47.7 Å². The Kier molecular flexibility index (Phi) is 3.42. The molecule has 3 rings (SSSR count). The fourth-order valence-corrected chi connectivity index (χ4v) is 2.22. The molecule has 2 heterocycles. The van der Waals surface area contributed by atoms with Crippen molar-refractivity contribution in [1.29, 1.82) is 0 Å². The first kappa shape index (κ1) is 13.1. The molecule has 2 aromatic rings. The molecule has 4 nitrogen and oxygen atoms in total. The molecule has 20 heavy (non-hydrogen) atoms. The minimum absolute atomic E-state index is 0.121. The maximum atomic E-state index is 12.0. The third kappa shape index (κ3) is 2.40. The van der Waals surface area contributed by atoms with Crippen molar-refractivity contribution < 1.29 is 4.79 Å². The number of benzene rings is 1. The van der Waals surface area contributed by atoms with E-state index in [2.05, 4.69) is 10.1 Å². The average molecular weight is 306 g/mol. The van der Waals surface area contributed by atoms with Gasteiger partial charge in [0.1, 0.15) is 0 Å². The zero-order chi connectivity index (χ0) is 14.1. The minimum Gasteiger partial charge on any atom is -0.272 e. The fraction of sp³-hybridized carbons (Fsp3) is 0.0714. The highest BCUT2D eigenvalue weighted by atomic mass is 35.5. The highest BCUT2D eigenvalue weighted by Gasteiger charge is 2.26. The van der Waals surface area contributed by atoms with E-state index in [1.807, 2.05) is 6.07 Å². The monoisotopic (exact) mass is 305 g/mol. The largest absolute Gasteiger partial charge is 0.272 e. The van der Waals surface area contributed by atoms with Gasteiger partial charge >= 0.3 is 0 Å². The first-order chi connectivity index (χ1) is 9.65. The van der Waals surface area contributed by atoms with E-state index >= 15 is 0 Å². The zero-order valence-electron chi connectivity index (χ0n) is 10.3. The van der Waals surface area contributed by atoms with Gasteiger partial charge in [-0.25, -0.2) is 4.98 Å². The number of hydrogen-bond acceptors (Lipinski definition) is 3. The molecule has 0 atom stereocenters. The topological polar surface area (TPSA) is 45.6 Å². The number of aromatic nitrogens is 1. The summed E-state index contributed by atoms with van der Waals surface area (Å²) in [5, 5.41) is 6.53. The molecule has 0 saturated heterocycles. The number of hydrogen-bond donors (Lipinski definition) is 0. The molecular formula is C14H9Cl2N3O. The standard InChI is InChI=1S/C14H9Cl2N3O/c15-10-5-4-9(7-11(10)16)12-8-14(20)19(18-12)13-3-1-2-6-17-13/h1-7H,8H2. The van der Waals surface area contributed by atoms with E-state index < -0.39 is 0 Å². The highest BCUT2D eigenvalue weighted by molar-refractivity contribution is 6.42. The Morgan fingerprint density at radius 2 is 1.95 bits per heavy atom. The van der Waals surface area contributed by atoms with Crippen LogP contribution in [-0.4, -0.2) is 16.6 Å². The Morgan fingerprint density at radius 1 is 1.10 bits per heavy atom. The van der Waals surface area contributed by atoms with Gasteiger partial charge in [-0.05, 0) is 29.8 Å². The van der Waals surface area contributed by atoms with E-state index in [0.29, 0.717) is 21.6 Å². The van der Waals surface area contributed by atoms with Gasteiger partial charge in [-0.2, -0.15) is 10.1 Å². The molecule has 0 unspecified atom stereocenters. The molecule has 1 aromatic heterocycles. The van der Waals surface area contributed by atoms with Crippen molar-refractivity contribution >= 4 is 40.6 Å². The van der Waals surface area contributed by atoms with Gasteiger partial charge in [0.2, 0.25) is 0 Å². The molecule has 1 amide bonds. The normalized spacial score (nSPS) is 14.6. The Hall–Kier alpha value is -1.91. The maximum Gasteiger partial charge on any atom is 0.254 e. The van der Waals surface area contributed by atoms with Crippen LogP contribution in [0.4, 0.5) is 5.82 Å². The van der Waals surface area contributed by atoms with Crippen LogP contribution in [0, 0.1) is 0 Å². The highest BCUT2D eigenvalue weighted by Crippen LogP contribution is 2.26. The average Bonchev–Trinajstić information content (AvgIpc) is 2.85. The van der Waals surface area contributed by atoms with E-state index in [9.17, 15) is 4.79 Å². The first-order valence-corrected chi connectivity index (χ1v) is 6.67. The predicted molar refractivity (Wildman–Crippen MR) is 79.3 cm³/mol. The number of nitrogens with zero attached hydrogens (tertiary/aromatic N) is 3. The molecule has 0 saturated carbocycles. The van der Waals surface area contributed by atoms with Gasteiger partial charge in [0.05, 0.1) is 22.2 Å². The molecule has 0 radical (unpaired) electrons. The third-order valence-electron chi connectivity index (χ3n) is 2.89. The maximum absolute atomic E-state index is 12.0. The molecule has 100 valence electrons. The van der Waals surface area contributed by atoms with Crippen molar-refractivity contribution in [2.24, 2.45) is 5.10 Å². The lowest BCUT2D eigenvalue weighted by molar-refractivity contribution is -0.116. The number of halogens is 2. The SMILES string of the molecule is O=C1CC(c2ccc(Cl)c(Cl)c2)=NN1c1ccccn1. The summed E-state index contributed by atoms with van der Waals surface area (Å²) < 4.78 is 0. The van der Waals surface area contributed by atoms with Gasteiger partial charge in [-0.1, -0.05) is 35.3 Å². The summed E-state index contributed by atoms with van der Waals surface area (Å²) in [7, 11) is 0. The van der Waals surface area contributed by atoms with Gasteiger partial charge in [0.25, 0.3) is 5.91 Å². The lowest BCUT2D eigenvalue weighted by Gasteiger charge is -2.08. The van der Waals surface area contributed by atoms with E-state index in [0.717, 1.165) is 5.56 Å². The molecule has 1 aliphatic rings. The van der Waals surface area contributed by atoms with Crippen LogP contribution < -0.4 is 5.01 Å². The molecule has 6 heteroatoms.